The van der Waals surface area contributed by atoms with Crippen LogP contribution < -0.4 is 4.57 Å². The maximum Gasteiger partial charge on any atom is 0.485 e. The molecular formula is C14H17F7N6O7S3. The average Bonchev–Trinajstić information content (AvgIpc) is 3.36. The second kappa shape index (κ2) is 10.1. The largest absolute Gasteiger partial charge is 0.741 e. The van der Waals surface area contributed by atoms with Gasteiger partial charge >= 0.3 is 25.9 Å². The van der Waals surface area contributed by atoms with Crippen molar-refractivity contribution < 1.29 is 65.1 Å². The number of halogens is 7. The molecule has 2 aliphatic heterocycles. The number of hydrogen-bond donors (Lipinski definition) is 0. The van der Waals surface area contributed by atoms with E-state index in [1.54, 1.807) is 7.05 Å². The van der Waals surface area contributed by atoms with Crippen LogP contribution in [-0.4, -0.2) is 94.9 Å². The molecule has 0 aliphatic carbocycles. The topological polar surface area (TPSA) is 159 Å². The number of alkyl halides is 7. The molecule has 2 saturated heterocycles. The molecule has 23 heteroatoms. The van der Waals surface area contributed by atoms with Gasteiger partial charge in [0.2, 0.25) is 0 Å². The van der Waals surface area contributed by atoms with Gasteiger partial charge in [0.25, 0.3) is 18.2 Å². The lowest BCUT2D eigenvalue weighted by Gasteiger charge is -2.37. The minimum atomic E-state index is -6.09. The van der Waals surface area contributed by atoms with Crippen LogP contribution in [0.1, 0.15) is 0 Å². The van der Waals surface area contributed by atoms with Gasteiger partial charge in [-0.15, -0.1) is 3.97 Å². The molecule has 4 heterocycles. The maximum atomic E-state index is 12.5. The molecule has 2 aromatic heterocycles. The molecule has 0 spiro atoms. The first kappa shape index (κ1) is 30.9. The highest BCUT2D eigenvalue weighted by Gasteiger charge is 2.52. The van der Waals surface area contributed by atoms with Crippen LogP contribution in [0.3, 0.4) is 0 Å². The SMILES string of the molecule is C[n+]1ccn(S(=O)(=O)N2CC(F)(F)C2)c1.O=S(=O)(N1CC(F)(F)C1)n1ccnc1.O=S(=O)([O-])C(F)(F)F. The van der Waals surface area contributed by atoms with E-state index >= 15 is 0 Å². The van der Waals surface area contributed by atoms with Gasteiger partial charge in [-0.2, -0.15) is 38.6 Å². The van der Waals surface area contributed by atoms with Crippen LogP contribution in [0, 0.1) is 0 Å². The fourth-order valence-electron chi connectivity index (χ4n) is 2.48. The highest BCUT2D eigenvalue weighted by atomic mass is 32.2. The summed E-state index contributed by atoms with van der Waals surface area (Å²) in [5.74, 6) is -5.78. The van der Waals surface area contributed by atoms with Gasteiger partial charge in [0, 0.05) is 12.4 Å². The minimum absolute atomic E-state index is 0.703. The molecule has 0 radical (unpaired) electrons. The number of imidazole rings is 2. The van der Waals surface area contributed by atoms with Crippen LogP contribution in [0.5, 0.6) is 0 Å². The highest BCUT2D eigenvalue weighted by molar-refractivity contribution is 7.88. The van der Waals surface area contributed by atoms with Gasteiger partial charge in [0.15, 0.2) is 10.1 Å². The third kappa shape index (κ3) is 7.59. The van der Waals surface area contributed by atoms with Crippen molar-refractivity contribution in [1.82, 2.24) is 21.5 Å². The summed E-state index contributed by atoms with van der Waals surface area (Å²) >= 11 is 0. The van der Waals surface area contributed by atoms with Gasteiger partial charge in [0.05, 0.1) is 33.2 Å². The van der Waals surface area contributed by atoms with Crippen molar-refractivity contribution in [3.63, 3.8) is 0 Å². The van der Waals surface area contributed by atoms with Crippen LogP contribution >= 0.6 is 0 Å². The van der Waals surface area contributed by atoms with Crippen LogP contribution in [0.4, 0.5) is 30.7 Å². The molecule has 0 saturated carbocycles. The van der Waals surface area contributed by atoms with Gasteiger partial charge in [-0.1, -0.05) is 0 Å². The van der Waals surface area contributed by atoms with Crippen LogP contribution in [0.15, 0.2) is 37.4 Å². The fourth-order valence-corrected chi connectivity index (χ4v) is 5.28. The molecule has 13 nitrogen and oxygen atoms in total. The van der Waals surface area contributed by atoms with E-state index in [9.17, 15) is 47.6 Å². The molecule has 4 rings (SSSR count). The Balaban J connectivity index is 0.000000205. The molecule has 0 bridgehead atoms. The Hall–Kier alpha value is -2.34. The van der Waals surface area contributed by atoms with Crippen molar-refractivity contribution in [1.29, 1.82) is 0 Å². The Kier molecular flexibility index (Phi) is 8.42. The van der Waals surface area contributed by atoms with E-state index in [2.05, 4.69) is 4.98 Å². The molecule has 2 aliphatic rings. The predicted molar refractivity (Wildman–Crippen MR) is 105 cm³/mol. The lowest BCUT2D eigenvalue weighted by Crippen LogP contribution is -2.59. The standard InChI is InChI=1S/C7H10F2N3O2S.C6H7F2N3O2S.CHF3O3S/c1-10-2-3-11(6-10)15(13,14)12-4-7(8,9)5-12;7-6(8)3-11(4-6)14(12,13)10-2-1-9-5-10;2-1(3,4)8(5,6)7/h2-3,6H,4-5H2,1H3;1-2,5H,3-4H2;(H,5,6,7)/q+1;;/p-1. The van der Waals surface area contributed by atoms with Gasteiger partial charge in [-0.25, -0.2) is 39.5 Å². The van der Waals surface area contributed by atoms with E-state index in [1.807, 2.05) is 0 Å². The molecule has 37 heavy (non-hydrogen) atoms. The molecule has 2 aromatic rings. The van der Waals surface area contributed by atoms with Crippen molar-refractivity contribution in [2.75, 3.05) is 26.2 Å². The predicted octanol–water partition coefficient (Wildman–Crippen LogP) is -0.665. The summed E-state index contributed by atoms with van der Waals surface area (Å²) in [6.45, 7) is -2.99. The summed E-state index contributed by atoms with van der Waals surface area (Å²) < 4.78 is 160. The van der Waals surface area contributed by atoms with E-state index in [0.29, 0.717) is 4.31 Å². The van der Waals surface area contributed by atoms with E-state index < -0.39 is 74.1 Å². The Labute approximate surface area is 205 Å². The van der Waals surface area contributed by atoms with Crippen molar-refractivity contribution in [3.8, 4) is 0 Å². The summed E-state index contributed by atoms with van der Waals surface area (Å²) in [7, 11) is -12.1. The Morgan fingerprint density at radius 1 is 0.838 bits per heavy atom. The molecule has 0 unspecified atom stereocenters. The van der Waals surface area contributed by atoms with E-state index in [4.69, 9.17) is 13.0 Å². The Bertz CT molecular complexity index is 1390. The van der Waals surface area contributed by atoms with Gasteiger partial charge < -0.3 is 4.55 Å². The number of aromatic nitrogens is 4. The third-order valence-corrected chi connectivity index (χ3v) is 8.21. The molecule has 212 valence electrons. The second-order valence-electron chi connectivity index (χ2n) is 7.47. The zero-order valence-electron chi connectivity index (χ0n) is 18.2. The average molecular weight is 611 g/mol. The van der Waals surface area contributed by atoms with E-state index in [1.165, 1.54) is 35.7 Å². The summed E-state index contributed by atoms with van der Waals surface area (Å²) in [6.07, 6.45) is 7.68. The first-order valence-corrected chi connectivity index (χ1v) is 13.5. The molecule has 0 aromatic carbocycles. The normalized spacial score (nSPS) is 19.9. The van der Waals surface area contributed by atoms with Gasteiger partial charge in [-0.05, 0) is 0 Å². The second-order valence-corrected chi connectivity index (χ2v) is 12.5. The van der Waals surface area contributed by atoms with Crippen LogP contribution in [0.25, 0.3) is 0 Å². The maximum absolute atomic E-state index is 12.5. The lowest BCUT2D eigenvalue weighted by atomic mass is 10.2. The van der Waals surface area contributed by atoms with Crippen LogP contribution in [0.2, 0.25) is 0 Å². The van der Waals surface area contributed by atoms with Gasteiger partial charge in [0.1, 0.15) is 18.7 Å². The molecule has 0 N–H and O–H groups in total. The molecule has 0 atom stereocenters. The monoisotopic (exact) mass is 610 g/mol. The van der Waals surface area contributed by atoms with Crippen LogP contribution in [-0.2, 0) is 37.6 Å². The summed E-state index contributed by atoms with van der Waals surface area (Å²) in [6, 6.07) is 0. The zero-order valence-corrected chi connectivity index (χ0v) is 20.7. The van der Waals surface area contributed by atoms with Crippen molar-refractivity contribution in [3.05, 3.63) is 37.4 Å². The fraction of sp³-hybridized carbons (Fsp3) is 0.571. The minimum Gasteiger partial charge on any atom is -0.741 e. The van der Waals surface area contributed by atoms with Gasteiger partial charge in [-0.3, -0.25) is 0 Å². The highest BCUT2D eigenvalue weighted by Crippen LogP contribution is 2.30. The first-order chi connectivity index (χ1) is 16.5. The summed E-state index contributed by atoms with van der Waals surface area (Å²) in [5, 5.41) is 0. The van der Waals surface area contributed by atoms with Crippen molar-refractivity contribution in [2.24, 2.45) is 7.05 Å². The van der Waals surface area contributed by atoms with Crippen molar-refractivity contribution >= 4 is 30.5 Å². The van der Waals surface area contributed by atoms with E-state index in [-0.39, 0.29) is 0 Å². The van der Waals surface area contributed by atoms with Crippen molar-refractivity contribution in [2.45, 2.75) is 17.4 Å². The third-order valence-electron chi connectivity index (χ3n) is 4.32. The van der Waals surface area contributed by atoms with E-state index in [0.717, 1.165) is 18.6 Å². The quantitative estimate of drug-likeness (QED) is 0.191. The number of aryl methyl sites for hydroxylation is 1. The zero-order chi connectivity index (χ0) is 28.7. The lowest BCUT2D eigenvalue weighted by molar-refractivity contribution is -0.670. The number of nitrogens with zero attached hydrogens (tertiary/aromatic N) is 6. The Morgan fingerprint density at radius 2 is 1.24 bits per heavy atom. The summed E-state index contributed by atoms with van der Waals surface area (Å²) in [5.41, 5.74) is -5.65. The number of hydrogen-bond acceptors (Lipinski definition) is 8. The molecule has 0 amide bonds. The Morgan fingerprint density at radius 3 is 1.51 bits per heavy atom. The molecular weight excluding hydrogens is 593 g/mol. The summed E-state index contributed by atoms with van der Waals surface area (Å²) in [4.78, 5) is 3.54. The first-order valence-electron chi connectivity index (χ1n) is 9.28. The smallest absolute Gasteiger partial charge is 0.485 e. The number of rotatable bonds is 4. The molecule has 2 fully saturated rings.